The van der Waals surface area contributed by atoms with Crippen LogP contribution in [0, 0.1) is 0 Å². The number of nitrogens with one attached hydrogen (secondary N) is 1. The number of benzene rings is 1. The zero-order valence-electron chi connectivity index (χ0n) is 11.6. The lowest BCUT2D eigenvalue weighted by molar-refractivity contribution is 0.0847. The van der Waals surface area contributed by atoms with Crippen LogP contribution in [0.3, 0.4) is 0 Å². The van der Waals surface area contributed by atoms with Gasteiger partial charge in [0.2, 0.25) is 0 Å². The first-order chi connectivity index (χ1) is 10.2. The Bertz CT molecular complexity index is 554. The van der Waals surface area contributed by atoms with Gasteiger partial charge >= 0.3 is 0 Å². The minimum atomic E-state index is -0.768. The molecule has 1 heterocycles. The number of methoxy groups -OCH3 is 1. The normalized spacial score (nSPS) is 11.7. The summed E-state index contributed by atoms with van der Waals surface area (Å²) >= 11 is 1.36. The standard InChI is InChI=1S/C15H17NO4S/c1-19-12-4-6-13(7-5-12)20-10-11(17)9-16-15(18)14-3-2-8-21-14/h2-8,11,17H,9-10H2,1H3,(H,16,18)/t11-/m1/s1. The van der Waals surface area contributed by atoms with Crippen LogP contribution in [0.25, 0.3) is 0 Å². The zero-order valence-corrected chi connectivity index (χ0v) is 12.4. The van der Waals surface area contributed by atoms with Gasteiger partial charge in [-0.05, 0) is 35.7 Å². The molecule has 0 spiro atoms. The van der Waals surface area contributed by atoms with Gasteiger partial charge in [0.1, 0.15) is 24.2 Å². The van der Waals surface area contributed by atoms with E-state index in [0.717, 1.165) is 5.75 Å². The summed E-state index contributed by atoms with van der Waals surface area (Å²) in [5, 5.41) is 14.3. The first-order valence-electron chi connectivity index (χ1n) is 6.45. The van der Waals surface area contributed by atoms with Crippen molar-refractivity contribution in [1.29, 1.82) is 0 Å². The number of carbonyl (C=O) groups is 1. The lowest BCUT2D eigenvalue weighted by Crippen LogP contribution is -2.34. The SMILES string of the molecule is COc1ccc(OC[C@H](O)CNC(=O)c2cccs2)cc1. The van der Waals surface area contributed by atoms with E-state index >= 15 is 0 Å². The Hall–Kier alpha value is -2.05. The summed E-state index contributed by atoms with van der Waals surface area (Å²) in [6.45, 7) is 0.254. The Morgan fingerprint density at radius 3 is 2.62 bits per heavy atom. The van der Waals surface area contributed by atoms with Crippen LogP contribution < -0.4 is 14.8 Å². The fourth-order valence-electron chi connectivity index (χ4n) is 1.63. The van der Waals surface area contributed by atoms with E-state index in [-0.39, 0.29) is 19.1 Å². The van der Waals surface area contributed by atoms with Crippen LogP contribution in [0.1, 0.15) is 9.67 Å². The van der Waals surface area contributed by atoms with Gasteiger partial charge in [-0.15, -0.1) is 11.3 Å². The van der Waals surface area contributed by atoms with Crippen LogP contribution in [-0.2, 0) is 0 Å². The zero-order chi connectivity index (χ0) is 15.1. The highest BCUT2D eigenvalue weighted by atomic mass is 32.1. The average molecular weight is 307 g/mol. The average Bonchev–Trinajstić information content (AvgIpc) is 3.05. The lowest BCUT2D eigenvalue weighted by atomic mass is 10.3. The van der Waals surface area contributed by atoms with Crippen LogP contribution >= 0.6 is 11.3 Å². The highest BCUT2D eigenvalue weighted by Gasteiger charge is 2.10. The first-order valence-corrected chi connectivity index (χ1v) is 7.33. The van der Waals surface area contributed by atoms with E-state index in [4.69, 9.17) is 9.47 Å². The molecule has 5 nitrogen and oxygen atoms in total. The van der Waals surface area contributed by atoms with Crippen molar-refractivity contribution in [1.82, 2.24) is 5.32 Å². The maximum Gasteiger partial charge on any atom is 0.261 e. The molecule has 2 rings (SSSR count). The predicted molar refractivity (Wildman–Crippen MR) is 81.1 cm³/mol. The van der Waals surface area contributed by atoms with Gasteiger partial charge in [-0.1, -0.05) is 6.07 Å². The maximum absolute atomic E-state index is 11.7. The number of rotatable bonds is 7. The van der Waals surface area contributed by atoms with Crippen molar-refractivity contribution in [3.8, 4) is 11.5 Å². The van der Waals surface area contributed by atoms with Gasteiger partial charge in [0.25, 0.3) is 5.91 Å². The highest BCUT2D eigenvalue weighted by molar-refractivity contribution is 7.12. The van der Waals surface area contributed by atoms with Gasteiger partial charge < -0.3 is 19.9 Å². The third-order valence-electron chi connectivity index (χ3n) is 2.75. The molecule has 0 radical (unpaired) electrons. The molecule has 2 N–H and O–H groups in total. The summed E-state index contributed by atoms with van der Waals surface area (Å²) < 4.78 is 10.5. The van der Waals surface area contributed by atoms with Gasteiger partial charge in [0, 0.05) is 6.54 Å². The molecular weight excluding hydrogens is 290 g/mol. The third-order valence-corrected chi connectivity index (χ3v) is 3.61. The van der Waals surface area contributed by atoms with Crippen molar-refractivity contribution in [3.63, 3.8) is 0 Å². The lowest BCUT2D eigenvalue weighted by Gasteiger charge is -2.13. The number of aliphatic hydroxyl groups excluding tert-OH is 1. The third kappa shape index (κ3) is 4.77. The molecule has 2 aromatic rings. The smallest absolute Gasteiger partial charge is 0.261 e. The predicted octanol–water partition coefficient (Wildman–Crippen LogP) is 1.93. The summed E-state index contributed by atoms with van der Waals surface area (Å²) in [5.41, 5.74) is 0. The van der Waals surface area contributed by atoms with E-state index in [0.29, 0.717) is 10.6 Å². The molecular formula is C15H17NO4S. The number of hydrogen-bond donors (Lipinski definition) is 2. The van der Waals surface area contributed by atoms with Crippen LogP contribution in [0.4, 0.5) is 0 Å². The fourth-order valence-corrected chi connectivity index (χ4v) is 2.27. The summed E-state index contributed by atoms with van der Waals surface area (Å²) in [5.74, 6) is 1.19. The van der Waals surface area contributed by atoms with E-state index in [2.05, 4.69) is 5.32 Å². The number of amides is 1. The molecule has 0 saturated heterocycles. The Labute approximate surface area is 127 Å². The molecule has 0 aliphatic carbocycles. The molecule has 0 saturated carbocycles. The Kier molecular flexibility index (Phi) is 5.59. The maximum atomic E-state index is 11.7. The number of carbonyl (C=O) groups excluding carboxylic acids is 1. The molecule has 0 fully saturated rings. The Balaban J connectivity index is 1.71. The van der Waals surface area contributed by atoms with Gasteiger partial charge in [-0.2, -0.15) is 0 Å². The number of thiophene rings is 1. The van der Waals surface area contributed by atoms with Crippen molar-refractivity contribution in [2.24, 2.45) is 0 Å². The molecule has 21 heavy (non-hydrogen) atoms. The number of hydrogen-bond acceptors (Lipinski definition) is 5. The van der Waals surface area contributed by atoms with Crippen molar-refractivity contribution in [2.45, 2.75) is 6.10 Å². The number of aliphatic hydroxyl groups is 1. The second-order valence-electron chi connectivity index (χ2n) is 4.33. The van der Waals surface area contributed by atoms with E-state index in [1.54, 1.807) is 37.4 Å². The van der Waals surface area contributed by atoms with Crippen molar-refractivity contribution in [2.75, 3.05) is 20.3 Å². The van der Waals surface area contributed by atoms with Crippen LogP contribution in [0.15, 0.2) is 41.8 Å². The monoisotopic (exact) mass is 307 g/mol. The molecule has 1 amide bonds. The molecule has 1 atom stereocenters. The molecule has 1 aromatic heterocycles. The van der Waals surface area contributed by atoms with Crippen LogP contribution in [-0.4, -0.2) is 37.4 Å². The summed E-state index contributed by atoms with van der Waals surface area (Å²) in [6.07, 6.45) is -0.768. The summed E-state index contributed by atoms with van der Waals surface area (Å²) in [6, 6.07) is 10.6. The summed E-state index contributed by atoms with van der Waals surface area (Å²) in [7, 11) is 1.59. The fraction of sp³-hybridized carbons (Fsp3) is 0.267. The van der Waals surface area contributed by atoms with Gasteiger partial charge in [0.05, 0.1) is 12.0 Å². The van der Waals surface area contributed by atoms with E-state index in [9.17, 15) is 9.90 Å². The molecule has 0 aliphatic heterocycles. The highest BCUT2D eigenvalue weighted by Crippen LogP contribution is 2.17. The second-order valence-corrected chi connectivity index (χ2v) is 5.28. The van der Waals surface area contributed by atoms with Crippen molar-refractivity contribution >= 4 is 17.2 Å². The molecule has 1 aromatic carbocycles. The largest absolute Gasteiger partial charge is 0.497 e. The van der Waals surface area contributed by atoms with Crippen molar-refractivity contribution < 1.29 is 19.4 Å². The van der Waals surface area contributed by atoms with Gasteiger partial charge in [-0.3, -0.25) is 4.79 Å². The Morgan fingerprint density at radius 1 is 1.29 bits per heavy atom. The minimum Gasteiger partial charge on any atom is -0.497 e. The van der Waals surface area contributed by atoms with E-state index in [1.807, 2.05) is 11.4 Å². The Morgan fingerprint density at radius 2 is 2.00 bits per heavy atom. The molecule has 0 unspecified atom stereocenters. The number of ether oxygens (including phenoxy) is 2. The molecule has 6 heteroatoms. The first kappa shape index (κ1) is 15.3. The van der Waals surface area contributed by atoms with Crippen molar-refractivity contribution in [3.05, 3.63) is 46.7 Å². The molecule has 0 bridgehead atoms. The second kappa shape index (κ2) is 7.66. The molecule has 112 valence electrons. The van der Waals surface area contributed by atoms with Gasteiger partial charge in [-0.25, -0.2) is 0 Å². The molecule has 0 aliphatic rings. The minimum absolute atomic E-state index is 0.108. The topological polar surface area (TPSA) is 67.8 Å². The van der Waals surface area contributed by atoms with Gasteiger partial charge in [0.15, 0.2) is 0 Å². The summed E-state index contributed by atoms with van der Waals surface area (Å²) in [4.78, 5) is 12.3. The van der Waals surface area contributed by atoms with Crippen LogP contribution in [0.5, 0.6) is 11.5 Å². The van der Waals surface area contributed by atoms with E-state index in [1.165, 1.54) is 11.3 Å². The quantitative estimate of drug-likeness (QED) is 0.820. The van der Waals surface area contributed by atoms with E-state index < -0.39 is 6.10 Å². The van der Waals surface area contributed by atoms with Crippen LogP contribution in [0.2, 0.25) is 0 Å².